The molecule has 11 aromatic rings. The van der Waals surface area contributed by atoms with Gasteiger partial charge in [-0.05, 0) is 118 Å². The predicted octanol–water partition coefficient (Wildman–Crippen LogP) is 17.2. The quantitative estimate of drug-likeness (QED) is 0.112. The van der Waals surface area contributed by atoms with Crippen LogP contribution in [0.15, 0.2) is 231 Å². The highest BCUT2D eigenvalue weighted by molar-refractivity contribution is 6.24. The molecule has 0 amide bonds. The van der Waals surface area contributed by atoms with Crippen LogP contribution in [0.5, 0.6) is 0 Å². The molecular weight excluding hydrogens is 749 g/mol. The molecule has 11 rings (SSSR count). The van der Waals surface area contributed by atoms with Gasteiger partial charge in [-0.3, -0.25) is 0 Å². The maximum atomic E-state index is 2.49. The minimum Gasteiger partial charge on any atom is -0.309 e. The van der Waals surface area contributed by atoms with Crippen LogP contribution in [0.1, 0.15) is 11.1 Å². The molecule has 0 spiro atoms. The summed E-state index contributed by atoms with van der Waals surface area (Å²) in [5.41, 5.74) is 13.8. The highest BCUT2D eigenvalue weighted by Gasteiger charge is 2.27. The lowest BCUT2D eigenvalue weighted by Gasteiger charge is -2.33. The van der Waals surface area contributed by atoms with E-state index in [0.29, 0.717) is 0 Å². The van der Waals surface area contributed by atoms with Crippen molar-refractivity contribution in [1.29, 1.82) is 0 Å². The number of nitrogens with zero attached hydrogens (tertiary/aromatic N) is 2. The Kier molecular flexibility index (Phi) is 9.32. The Labute approximate surface area is 363 Å². The van der Waals surface area contributed by atoms with E-state index in [1.807, 2.05) is 0 Å². The zero-order chi connectivity index (χ0) is 41.6. The average molecular weight is 793 g/mol. The molecule has 0 radical (unpaired) electrons. The van der Waals surface area contributed by atoms with Gasteiger partial charge in [0.1, 0.15) is 0 Å². The molecule has 0 heterocycles. The summed E-state index contributed by atoms with van der Waals surface area (Å²) in [4.78, 5) is 4.98. The number of hydrogen-bond acceptors (Lipinski definition) is 2. The lowest BCUT2D eigenvalue weighted by molar-refractivity contribution is 1.29. The van der Waals surface area contributed by atoms with Gasteiger partial charge in [-0.1, -0.05) is 181 Å². The van der Waals surface area contributed by atoms with Crippen LogP contribution in [0.4, 0.5) is 34.1 Å². The fraction of sp³-hybridized carbons (Fsp3) is 0.0333. The van der Waals surface area contributed by atoms with Gasteiger partial charge in [0.15, 0.2) is 0 Å². The van der Waals surface area contributed by atoms with Crippen LogP contribution in [0.3, 0.4) is 0 Å². The first-order chi connectivity index (χ1) is 30.6. The number of anilines is 6. The van der Waals surface area contributed by atoms with Crippen molar-refractivity contribution in [3.63, 3.8) is 0 Å². The van der Waals surface area contributed by atoms with Crippen LogP contribution in [-0.4, -0.2) is 0 Å². The van der Waals surface area contributed by atoms with Crippen molar-refractivity contribution in [3.8, 4) is 22.3 Å². The van der Waals surface area contributed by atoms with E-state index >= 15 is 0 Å². The van der Waals surface area contributed by atoms with Gasteiger partial charge in [0.05, 0.1) is 11.4 Å². The smallest absolute Gasteiger partial charge is 0.0620 e. The molecule has 0 aromatic heterocycles. The Bertz CT molecular complexity index is 3180. The SMILES string of the molecule is Cc1ccc(N(c2ccc3ccccc3c2)c2c3ccc(-c4ccccc4)cc3c(N(c3ccc(C)cc3)c3ccc4ccccc4c3)c3ccc(-c4ccccc4)cc23)cc1. The topological polar surface area (TPSA) is 6.48 Å². The minimum absolute atomic E-state index is 1.10. The fourth-order valence-corrected chi connectivity index (χ4v) is 9.12. The highest BCUT2D eigenvalue weighted by atomic mass is 15.2. The maximum Gasteiger partial charge on any atom is 0.0620 e. The molecule has 0 saturated carbocycles. The average Bonchev–Trinajstić information content (AvgIpc) is 3.33. The van der Waals surface area contributed by atoms with E-state index in [0.717, 1.165) is 55.7 Å². The molecule has 0 atom stereocenters. The van der Waals surface area contributed by atoms with Crippen LogP contribution in [0, 0.1) is 13.8 Å². The molecule has 0 aliphatic rings. The largest absolute Gasteiger partial charge is 0.309 e. The van der Waals surface area contributed by atoms with Crippen molar-refractivity contribution >= 4 is 77.2 Å². The van der Waals surface area contributed by atoms with Crippen LogP contribution in [0.2, 0.25) is 0 Å². The molecule has 294 valence electrons. The molecule has 0 aliphatic heterocycles. The third-order valence-electron chi connectivity index (χ3n) is 12.3. The number of hydrogen-bond donors (Lipinski definition) is 0. The monoisotopic (exact) mass is 792 g/mol. The first-order valence-electron chi connectivity index (χ1n) is 21.4. The normalized spacial score (nSPS) is 11.4. The van der Waals surface area contributed by atoms with Crippen molar-refractivity contribution in [2.75, 3.05) is 9.80 Å². The van der Waals surface area contributed by atoms with Crippen molar-refractivity contribution < 1.29 is 0 Å². The summed E-state index contributed by atoms with van der Waals surface area (Å²) in [5, 5.41) is 9.46. The van der Waals surface area contributed by atoms with Gasteiger partial charge >= 0.3 is 0 Å². The number of rotatable bonds is 8. The van der Waals surface area contributed by atoms with Gasteiger partial charge in [0.25, 0.3) is 0 Å². The van der Waals surface area contributed by atoms with Gasteiger partial charge in [0, 0.05) is 44.3 Å². The van der Waals surface area contributed by atoms with Gasteiger partial charge in [-0.2, -0.15) is 0 Å². The Balaban J connectivity index is 1.32. The molecule has 62 heavy (non-hydrogen) atoms. The lowest BCUT2D eigenvalue weighted by atomic mass is 9.91. The predicted molar refractivity (Wildman–Crippen MR) is 266 cm³/mol. The molecule has 0 aliphatic carbocycles. The summed E-state index contributed by atoms with van der Waals surface area (Å²) in [6, 6.07) is 84.8. The molecule has 2 heteroatoms. The third kappa shape index (κ3) is 6.73. The second-order valence-electron chi connectivity index (χ2n) is 16.4. The Hall–Kier alpha value is -7.94. The molecule has 0 unspecified atom stereocenters. The standard InChI is InChI=1S/C60H44N2/c1-41-21-29-51(30-22-41)61(53-33-25-45-17-9-11-19-47(45)37-53)59-55-35-27-50(44-15-7-4-8-16-44)40-58(55)60(56-36-28-49(39-57(56)59)43-13-5-3-6-14-43)62(52-31-23-42(2)24-32-52)54-34-26-46-18-10-12-20-48(46)38-54/h3-40H,1-2H3. The van der Waals surface area contributed by atoms with Crippen molar-refractivity contribution in [3.05, 3.63) is 242 Å². The van der Waals surface area contributed by atoms with E-state index in [4.69, 9.17) is 0 Å². The Morgan fingerprint density at radius 1 is 0.242 bits per heavy atom. The van der Waals surface area contributed by atoms with Gasteiger partial charge < -0.3 is 9.80 Å². The minimum atomic E-state index is 1.10. The summed E-state index contributed by atoms with van der Waals surface area (Å²) in [6.07, 6.45) is 0. The molecular formula is C60H44N2. The van der Waals surface area contributed by atoms with Crippen LogP contribution >= 0.6 is 0 Å². The summed E-state index contributed by atoms with van der Waals surface area (Å²) in [7, 11) is 0. The molecule has 11 aromatic carbocycles. The second kappa shape index (κ2) is 15.6. The van der Waals surface area contributed by atoms with E-state index in [-0.39, 0.29) is 0 Å². The number of benzene rings is 11. The van der Waals surface area contributed by atoms with E-state index < -0.39 is 0 Å². The third-order valence-corrected chi connectivity index (χ3v) is 12.3. The lowest BCUT2D eigenvalue weighted by Crippen LogP contribution is -2.15. The van der Waals surface area contributed by atoms with Crippen LogP contribution in [-0.2, 0) is 0 Å². The number of fused-ring (bicyclic) bond motifs is 4. The second-order valence-corrected chi connectivity index (χ2v) is 16.4. The molecule has 0 N–H and O–H groups in total. The van der Waals surface area contributed by atoms with E-state index in [1.165, 1.54) is 54.9 Å². The van der Waals surface area contributed by atoms with Gasteiger partial charge in [-0.15, -0.1) is 0 Å². The maximum absolute atomic E-state index is 2.49. The van der Waals surface area contributed by atoms with Crippen molar-refractivity contribution in [2.45, 2.75) is 13.8 Å². The van der Waals surface area contributed by atoms with Crippen molar-refractivity contribution in [1.82, 2.24) is 0 Å². The van der Waals surface area contributed by atoms with E-state index in [2.05, 4.69) is 254 Å². The van der Waals surface area contributed by atoms with Crippen LogP contribution < -0.4 is 9.80 Å². The van der Waals surface area contributed by atoms with E-state index in [9.17, 15) is 0 Å². The van der Waals surface area contributed by atoms with Gasteiger partial charge in [0.2, 0.25) is 0 Å². The zero-order valence-corrected chi connectivity index (χ0v) is 34.8. The highest BCUT2D eigenvalue weighted by Crippen LogP contribution is 2.53. The molecule has 0 fully saturated rings. The van der Waals surface area contributed by atoms with Crippen LogP contribution in [0.25, 0.3) is 65.3 Å². The summed E-state index contributed by atoms with van der Waals surface area (Å²) >= 11 is 0. The Morgan fingerprint density at radius 3 is 1.00 bits per heavy atom. The Morgan fingerprint density at radius 2 is 0.597 bits per heavy atom. The first kappa shape index (κ1) is 37.1. The molecule has 0 bridgehead atoms. The van der Waals surface area contributed by atoms with E-state index in [1.54, 1.807) is 0 Å². The summed E-state index contributed by atoms with van der Waals surface area (Å²) in [6.45, 7) is 4.32. The molecule has 0 saturated heterocycles. The number of aryl methyl sites for hydroxylation is 2. The first-order valence-corrected chi connectivity index (χ1v) is 21.4. The van der Waals surface area contributed by atoms with Gasteiger partial charge in [-0.25, -0.2) is 0 Å². The zero-order valence-electron chi connectivity index (χ0n) is 34.8. The van der Waals surface area contributed by atoms with Crippen molar-refractivity contribution in [2.24, 2.45) is 0 Å². The fourth-order valence-electron chi connectivity index (χ4n) is 9.12. The molecule has 2 nitrogen and oxygen atoms in total. The summed E-state index contributed by atoms with van der Waals surface area (Å²) in [5.74, 6) is 0. The summed E-state index contributed by atoms with van der Waals surface area (Å²) < 4.78 is 0.